The molecule has 8 heteroatoms. The Morgan fingerprint density at radius 3 is 2.66 bits per heavy atom. The molecule has 1 saturated heterocycles. The maximum atomic E-state index is 12.3. The van der Waals surface area contributed by atoms with E-state index in [1.165, 1.54) is 30.6 Å². The van der Waals surface area contributed by atoms with Crippen LogP contribution in [0.3, 0.4) is 0 Å². The first-order valence-electron chi connectivity index (χ1n) is 13.3. The first kappa shape index (κ1) is 29.6. The molecule has 2 aromatic rings. The molecule has 1 aliphatic carbocycles. The number of aryl methyl sites for hydroxylation is 1. The number of thiocarbonyl (C=S) groups is 1. The van der Waals surface area contributed by atoms with Gasteiger partial charge in [0.15, 0.2) is 5.11 Å². The number of benzene rings is 1. The monoisotopic (exact) mass is 552 g/mol. The molecule has 3 N–H and O–H groups in total. The minimum absolute atomic E-state index is 0.224. The molecule has 0 saturated carbocycles. The van der Waals surface area contributed by atoms with Gasteiger partial charge in [0.2, 0.25) is 0 Å². The smallest absolute Gasteiger partial charge is 0.275 e. The van der Waals surface area contributed by atoms with Crippen molar-refractivity contribution in [2.45, 2.75) is 53.4 Å². The van der Waals surface area contributed by atoms with Gasteiger partial charge in [0, 0.05) is 42.7 Å². The van der Waals surface area contributed by atoms with E-state index in [4.69, 9.17) is 12.2 Å². The summed E-state index contributed by atoms with van der Waals surface area (Å²) in [5.74, 6) is 1.72. The highest BCUT2D eigenvalue weighted by Gasteiger charge is 2.17. The third-order valence-electron chi connectivity index (χ3n) is 6.49. The van der Waals surface area contributed by atoms with Crippen molar-refractivity contribution in [2.75, 3.05) is 25.0 Å². The van der Waals surface area contributed by atoms with Gasteiger partial charge in [0.25, 0.3) is 5.91 Å². The quantitative estimate of drug-likeness (QED) is 0.331. The summed E-state index contributed by atoms with van der Waals surface area (Å²) in [6.07, 6.45) is 11.6. The van der Waals surface area contributed by atoms with Crippen molar-refractivity contribution in [3.63, 3.8) is 0 Å². The fourth-order valence-electron chi connectivity index (χ4n) is 4.08. The van der Waals surface area contributed by atoms with Crippen molar-refractivity contribution in [3.8, 4) is 0 Å². The lowest BCUT2D eigenvalue weighted by Gasteiger charge is -2.32. The van der Waals surface area contributed by atoms with Crippen LogP contribution in [-0.4, -0.2) is 45.6 Å². The van der Waals surface area contributed by atoms with E-state index in [1.807, 2.05) is 49.4 Å². The molecule has 6 nitrogen and oxygen atoms in total. The van der Waals surface area contributed by atoms with Gasteiger partial charge in [-0.25, -0.2) is 4.98 Å². The van der Waals surface area contributed by atoms with E-state index < -0.39 is 0 Å². The summed E-state index contributed by atoms with van der Waals surface area (Å²) in [7, 11) is 0. The number of aromatic nitrogens is 1. The van der Waals surface area contributed by atoms with Crippen LogP contribution in [0.5, 0.6) is 0 Å². The summed E-state index contributed by atoms with van der Waals surface area (Å²) in [6, 6.07) is 7.59. The lowest BCUT2D eigenvalue weighted by Crippen LogP contribution is -2.44. The number of anilines is 1. The predicted molar refractivity (Wildman–Crippen MR) is 164 cm³/mol. The van der Waals surface area contributed by atoms with Crippen LogP contribution in [0, 0.1) is 18.8 Å². The van der Waals surface area contributed by atoms with Gasteiger partial charge in [-0.1, -0.05) is 57.2 Å². The van der Waals surface area contributed by atoms with Crippen LogP contribution in [0.2, 0.25) is 0 Å². The zero-order valence-corrected chi connectivity index (χ0v) is 24.5. The average molecular weight is 553 g/mol. The van der Waals surface area contributed by atoms with E-state index >= 15 is 0 Å². The molecule has 2 heterocycles. The highest BCUT2D eigenvalue weighted by molar-refractivity contribution is 7.80. The number of nitrogens with zero attached hydrogens (tertiary/aromatic N) is 2. The molecule has 1 amide bonds. The van der Waals surface area contributed by atoms with Crippen LogP contribution < -0.4 is 10.6 Å². The zero-order valence-electron chi connectivity index (χ0n) is 22.9. The van der Waals surface area contributed by atoms with Gasteiger partial charge in [0.05, 0.1) is 10.8 Å². The fraction of sp³-hybridized carbons (Fsp3) is 0.433. The van der Waals surface area contributed by atoms with E-state index in [1.54, 1.807) is 11.5 Å². The van der Waals surface area contributed by atoms with Crippen LogP contribution in [0.25, 0.3) is 5.57 Å². The molecule has 4 rings (SSSR count). The van der Waals surface area contributed by atoms with E-state index in [9.17, 15) is 9.90 Å². The maximum Gasteiger partial charge on any atom is 0.275 e. The number of hydrogen-bond donors (Lipinski definition) is 3. The Kier molecular flexibility index (Phi) is 11.5. The predicted octanol–water partition coefficient (Wildman–Crippen LogP) is 7.13. The van der Waals surface area contributed by atoms with Crippen LogP contribution in [0.1, 0.15) is 67.5 Å². The van der Waals surface area contributed by atoms with Gasteiger partial charge >= 0.3 is 0 Å². The topological polar surface area (TPSA) is 77.5 Å². The summed E-state index contributed by atoms with van der Waals surface area (Å²) < 4.78 is 0. The highest BCUT2D eigenvalue weighted by atomic mass is 32.1. The van der Waals surface area contributed by atoms with E-state index in [0.29, 0.717) is 23.6 Å². The minimum Gasteiger partial charge on any atom is -0.512 e. The standard InChI is InChI=1S/C18H16N2O2S.C12H24N2S/c1-12-19-17(11-23-12)18(22)20-16-8-3-2-7-15(16)13-5-4-6-14(21)10-9-13;1-10(2)4-7-13-12(15)14-8-5-11(3)6-9-14/h2-5,7-11,21H,6H2,1H3,(H,20,22);10-11H,4-9H2,1-3H3,(H,13,15). The van der Waals surface area contributed by atoms with Gasteiger partial charge in [-0.05, 0) is 68.0 Å². The van der Waals surface area contributed by atoms with Gasteiger partial charge < -0.3 is 20.6 Å². The number of carbonyl (C=O) groups excluding carboxylic acids is 1. The summed E-state index contributed by atoms with van der Waals surface area (Å²) in [5, 5.41) is 19.4. The number of thiazole rings is 1. The number of piperidine rings is 1. The van der Waals surface area contributed by atoms with Crippen molar-refractivity contribution >= 4 is 45.8 Å². The Morgan fingerprint density at radius 2 is 1.97 bits per heavy atom. The minimum atomic E-state index is -0.224. The van der Waals surface area contributed by atoms with Crippen molar-refractivity contribution in [2.24, 2.45) is 11.8 Å². The molecule has 2 aliphatic rings. The molecule has 0 radical (unpaired) electrons. The van der Waals surface area contributed by atoms with E-state index in [0.717, 1.165) is 52.7 Å². The van der Waals surface area contributed by atoms with Gasteiger partial charge in [-0.15, -0.1) is 11.3 Å². The van der Waals surface area contributed by atoms with Crippen molar-refractivity contribution in [1.82, 2.24) is 15.2 Å². The SMILES string of the molecule is CC(C)CCNC(=S)N1CCC(C)CC1.Cc1nc(C(=O)Nc2ccccc2C2=CC=C(O)CC=C2)cs1. The Balaban J connectivity index is 0.000000232. The number of carbonyl (C=O) groups is 1. The summed E-state index contributed by atoms with van der Waals surface area (Å²) in [6.45, 7) is 12.0. The number of amides is 1. The summed E-state index contributed by atoms with van der Waals surface area (Å²) in [4.78, 5) is 18.9. The van der Waals surface area contributed by atoms with Crippen molar-refractivity contribution in [3.05, 3.63) is 76.0 Å². The number of aliphatic hydroxyl groups excluding tert-OH is 1. The van der Waals surface area contributed by atoms with E-state index in [-0.39, 0.29) is 5.91 Å². The normalized spacial score (nSPS) is 15.7. The largest absolute Gasteiger partial charge is 0.512 e. The molecular weight excluding hydrogens is 512 g/mol. The molecule has 0 unspecified atom stereocenters. The average Bonchev–Trinajstić information content (AvgIpc) is 3.22. The van der Waals surface area contributed by atoms with Crippen molar-refractivity contribution < 1.29 is 9.90 Å². The Bertz CT molecular complexity index is 1170. The van der Waals surface area contributed by atoms with Crippen LogP contribution in [0.15, 0.2) is 59.7 Å². The lowest BCUT2D eigenvalue weighted by molar-refractivity contribution is 0.102. The first-order chi connectivity index (χ1) is 18.2. The fourth-order valence-corrected chi connectivity index (χ4v) is 4.96. The zero-order chi connectivity index (χ0) is 27.5. The number of para-hydroxylation sites is 1. The number of allylic oxidation sites excluding steroid dienone is 5. The second-order valence-electron chi connectivity index (χ2n) is 10.2. The molecule has 0 bridgehead atoms. The summed E-state index contributed by atoms with van der Waals surface area (Å²) >= 11 is 6.83. The van der Waals surface area contributed by atoms with Crippen LogP contribution in [0.4, 0.5) is 5.69 Å². The van der Waals surface area contributed by atoms with Crippen molar-refractivity contribution in [1.29, 1.82) is 0 Å². The molecule has 0 atom stereocenters. The Hall–Kier alpha value is -2.97. The third kappa shape index (κ3) is 9.40. The highest BCUT2D eigenvalue weighted by Crippen LogP contribution is 2.27. The third-order valence-corrected chi connectivity index (χ3v) is 7.66. The van der Waals surface area contributed by atoms with Crippen LogP contribution >= 0.6 is 23.6 Å². The Morgan fingerprint density at radius 1 is 1.24 bits per heavy atom. The molecule has 1 aromatic carbocycles. The first-order valence-corrected chi connectivity index (χ1v) is 14.6. The second kappa shape index (κ2) is 14.8. The molecule has 204 valence electrons. The number of rotatable bonds is 6. The maximum absolute atomic E-state index is 12.3. The number of nitrogens with one attached hydrogen (secondary N) is 2. The number of aliphatic hydroxyl groups is 1. The molecule has 38 heavy (non-hydrogen) atoms. The second-order valence-corrected chi connectivity index (χ2v) is 11.7. The molecule has 0 spiro atoms. The summed E-state index contributed by atoms with van der Waals surface area (Å²) in [5.41, 5.74) is 2.97. The number of hydrogen-bond acceptors (Lipinski definition) is 5. The molecular formula is C30H40N4O2S2. The lowest BCUT2D eigenvalue weighted by atomic mass is 10.00. The Labute approximate surface area is 236 Å². The molecule has 1 aromatic heterocycles. The van der Waals surface area contributed by atoms with E-state index in [2.05, 4.69) is 41.3 Å². The van der Waals surface area contributed by atoms with Gasteiger partial charge in [-0.2, -0.15) is 0 Å². The number of likely N-dealkylation sites (tertiary alicyclic amines) is 1. The van der Waals surface area contributed by atoms with Gasteiger partial charge in [-0.3, -0.25) is 4.79 Å². The van der Waals surface area contributed by atoms with Gasteiger partial charge in [0.1, 0.15) is 5.69 Å². The van der Waals surface area contributed by atoms with Crippen LogP contribution in [-0.2, 0) is 0 Å². The molecule has 1 aliphatic heterocycles. The molecule has 1 fully saturated rings.